The zero-order valence-corrected chi connectivity index (χ0v) is 37.8. The molecule has 29 heteroatoms. The molecule has 0 bridgehead atoms. The van der Waals surface area contributed by atoms with Crippen molar-refractivity contribution in [3.63, 3.8) is 0 Å². The lowest BCUT2D eigenvalue weighted by molar-refractivity contribution is -0.143. The predicted octanol–water partition coefficient (Wildman–Crippen LogP) is -3.23. The largest absolute Gasteiger partial charge is 0.481 e. The standard InChI is InChI=1S/C39H59N8O20P/c48-30(41-28(38(61)62)10-20-67-68(65,66)43-29(39(63)64)6-8-32(50)51)7-5-27(37(59)60)42-36(58)26-3-1-25(2-4-26)9-11-40-31(49)21-44-12-14-45(22-33(52)53)16-18-47(24-35(56)57)19-17-46(15-13-44)23-34(54)55/h1-4,27-29H,5-24H2,(H,40,49)(H,41,48)(H,42,58)(H,50,51)(H,52,53)(H,54,55)(H,56,57)(H,59,60)(H,61,62)(H,63,64)(H2,43,65,66)/t27-,28-,29-/m0/s1. The zero-order chi connectivity index (χ0) is 51.0. The van der Waals surface area contributed by atoms with Gasteiger partial charge in [-0.15, -0.1) is 0 Å². The van der Waals surface area contributed by atoms with Gasteiger partial charge in [-0.25, -0.2) is 19.2 Å². The first kappa shape index (κ1) is 58.0. The van der Waals surface area contributed by atoms with Gasteiger partial charge in [0.25, 0.3) is 5.91 Å². The summed E-state index contributed by atoms with van der Waals surface area (Å²) in [6.07, 6.45) is -2.60. The van der Waals surface area contributed by atoms with Crippen molar-refractivity contribution in [2.75, 3.05) is 91.7 Å². The van der Waals surface area contributed by atoms with Crippen molar-refractivity contribution in [3.8, 4) is 0 Å². The van der Waals surface area contributed by atoms with Crippen LogP contribution >= 0.6 is 7.75 Å². The lowest BCUT2D eigenvalue weighted by Crippen LogP contribution is -2.49. The minimum Gasteiger partial charge on any atom is -0.481 e. The Kier molecular flexibility index (Phi) is 25.2. The lowest BCUT2D eigenvalue weighted by atomic mass is 10.1. The third-order valence-electron chi connectivity index (χ3n) is 10.2. The summed E-state index contributed by atoms with van der Waals surface area (Å²) in [4.78, 5) is 135. The Labute approximate surface area is 388 Å². The molecule has 380 valence electrons. The molecule has 0 radical (unpaired) electrons. The molecule has 12 N–H and O–H groups in total. The van der Waals surface area contributed by atoms with Crippen LogP contribution < -0.4 is 21.0 Å². The van der Waals surface area contributed by atoms with E-state index in [1.54, 1.807) is 36.8 Å². The highest BCUT2D eigenvalue weighted by Crippen LogP contribution is 2.38. The van der Waals surface area contributed by atoms with Crippen molar-refractivity contribution in [1.82, 2.24) is 40.6 Å². The Morgan fingerprint density at radius 1 is 0.544 bits per heavy atom. The molecule has 1 heterocycles. The van der Waals surface area contributed by atoms with E-state index >= 15 is 0 Å². The van der Waals surface area contributed by atoms with Crippen molar-refractivity contribution >= 4 is 67.3 Å². The van der Waals surface area contributed by atoms with Crippen LogP contribution in [0.25, 0.3) is 0 Å². The summed E-state index contributed by atoms with van der Waals surface area (Å²) < 4.78 is 17.0. The Morgan fingerprint density at radius 2 is 0.971 bits per heavy atom. The molecule has 1 saturated heterocycles. The number of amides is 3. The molecule has 0 aliphatic carbocycles. The van der Waals surface area contributed by atoms with Gasteiger partial charge < -0.3 is 56.6 Å². The van der Waals surface area contributed by atoms with Crippen LogP contribution in [0, 0.1) is 0 Å². The monoisotopic (exact) mass is 990 g/mol. The Balaban J connectivity index is 1.91. The molecular formula is C39H59N8O20P. The molecule has 1 fully saturated rings. The average Bonchev–Trinajstić information content (AvgIpc) is 3.23. The molecule has 1 aromatic rings. The number of nitrogens with zero attached hydrogens (tertiary/aromatic N) is 4. The number of rotatable bonds is 29. The first-order chi connectivity index (χ1) is 31.9. The summed E-state index contributed by atoms with van der Waals surface area (Å²) in [5.41, 5.74) is 0.729. The summed E-state index contributed by atoms with van der Waals surface area (Å²) in [5, 5.41) is 74.3. The van der Waals surface area contributed by atoms with E-state index < -0.39 is 118 Å². The Bertz CT molecular complexity index is 1940. The molecular weight excluding hydrogens is 931 g/mol. The normalized spacial score (nSPS) is 16.8. The number of hydrogen-bond acceptors (Lipinski definition) is 16. The molecule has 1 aliphatic heterocycles. The first-order valence-corrected chi connectivity index (χ1v) is 22.7. The third-order valence-corrected chi connectivity index (χ3v) is 11.3. The summed E-state index contributed by atoms with van der Waals surface area (Å²) in [6, 6.07) is 0.842. The predicted molar refractivity (Wildman–Crippen MR) is 231 cm³/mol. The van der Waals surface area contributed by atoms with Crippen LogP contribution in [0.4, 0.5) is 0 Å². The van der Waals surface area contributed by atoms with Crippen molar-refractivity contribution < 1.29 is 97.7 Å². The average molecular weight is 991 g/mol. The molecule has 2 rings (SSSR count). The fraction of sp³-hybridized carbons (Fsp3) is 0.590. The van der Waals surface area contributed by atoms with Crippen LogP contribution in [0.2, 0.25) is 0 Å². The minimum absolute atomic E-state index is 0.0467. The maximum Gasteiger partial charge on any atom is 0.403 e. The van der Waals surface area contributed by atoms with Gasteiger partial charge in [0.1, 0.15) is 18.1 Å². The number of carboxylic acids is 7. The molecule has 4 atom stereocenters. The second kappa shape index (κ2) is 29.6. The van der Waals surface area contributed by atoms with Gasteiger partial charge in [0.05, 0.1) is 32.8 Å². The van der Waals surface area contributed by atoms with Crippen molar-refractivity contribution in [3.05, 3.63) is 35.4 Å². The number of aliphatic carboxylic acids is 7. The summed E-state index contributed by atoms with van der Waals surface area (Å²) >= 11 is 0. The van der Waals surface area contributed by atoms with Gasteiger partial charge in [0.15, 0.2) is 0 Å². The van der Waals surface area contributed by atoms with Crippen LogP contribution in [-0.2, 0) is 58.7 Å². The molecule has 0 saturated carbocycles. The van der Waals surface area contributed by atoms with Gasteiger partial charge in [-0.3, -0.25) is 62.5 Å². The number of benzene rings is 1. The van der Waals surface area contributed by atoms with Crippen LogP contribution in [0.5, 0.6) is 0 Å². The number of hydrogen-bond donors (Lipinski definition) is 12. The molecule has 28 nitrogen and oxygen atoms in total. The maximum atomic E-state index is 13.0. The van der Waals surface area contributed by atoms with Gasteiger partial charge in [-0.2, -0.15) is 0 Å². The highest BCUT2D eigenvalue weighted by atomic mass is 31.2. The zero-order valence-electron chi connectivity index (χ0n) is 36.9. The number of carbonyl (C=O) groups excluding carboxylic acids is 3. The van der Waals surface area contributed by atoms with Crippen LogP contribution in [0.1, 0.15) is 48.0 Å². The van der Waals surface area contributed by atoms with E-state index in [9.17, 15) is 82.9 Å². The van der Waals surface area contributed by atoms with Gasteiger partial charge in [0, 0.05) is 83.7 Å². The second-order valence-electron chi connectivity index (χ2n) is 15.5. The van der Waals surface area contributed by atoms with Crippen molar-refractivity contribution in [1.29, 1.82) is 0 Å². The highest BCUT2D eigenvalue weighted by molar-refractivity contribution is 7.50. The van der Waals surface area contributed by atoms with E-state index in [4.69, 9.17) is 14.7 Å². The number of carbonyl (C=O) groups is 10. The van der Waals surface area contributed by atoms with Gasteiger partial charge in [0.2, 0.25) is 11.8 Å². The molecule has 68 heavy (non-hydrogen) atoms. The smallest absolute Gasteiger partial charge is 0.403 e. The van der Waals surface area contributed by atoms with Crippen LogP contribution in [-0.4, -0.2) is 230 Å². The second-order valence-corrected chi connectivity index (χ2v) is 17.1. The topological polar surface area (TPSA) is 420 Å². The molecule has 1 aliphatic rings. The molecule has 0 spiro atoms. The fourth-order valence-corrected chi connectivity index (χ4v) is 7.61. The Hall–Kier alpha value is -6.13. The summed E-state index contributed by atoms with van der Waals surface area (Å²) in [7, 11) is -4.88. The fourth-order valence-electron chi connectivity index (χ4n) is 6.55. The van der Waals surface area contributed by atoms with Crippen molar-refractivity contribution in [2.24, 2.45) is 0 Å². The maximum absolute atomic E-state index is 13.0. The van der Waals surface area contributed by atoms with E-state index in [0.29, 0.717) is 12.0 Å². The quantitative estimate of drug-likeness (QED) is 0.0351. The SMILES string of the molecule is O=C(O)CC[C@H](NP(=O)(O)OCC[C@H](NC(=O)CC[C@H](NC(=O)c1ccc(CCNC(=O)CN2CCN(CC(=O)O)CCN(CC(=O)O)CCN(CC(=O)O)CC2)cc1)C(=O)O)C(=O)O)C(=O)O. The summed E-state index contributed by atoms with van der Waals surface area (Å²) in [5.74, 6) is -11.5. The van der Waals surface area contributed by atoms with Gasteiger partial charge in [-0.05, 0) is 37.0 Å². The highest BCUT2D eigenvalue weighted by Gasteiger charge is 2.31. The van der Waals surface area contributed by atoms with Crippen molar-refractivity contribution in [2.45, 2.75) is 56.7 Å². The molecule has 1 aromatic carbocycles. The van der Waals surface area contributed by atoms with E-state index in [0.717, 1.165) is 0 Å². The number of carboxylic acid groups (broad SMARTS) is 7. The lowest BCUT2D eigenvalue weighted by Gasteiger charge is -2.32. The summed E-state index contributed by atoms with van der Waals surface area (Å²) in [6.45, 7) is 0.176. The Morgan fingerprint density at radius 3 is 1.40 bits per heavy atom. The van der Waals surface area contributed by atoms with E-state index in [-0.39, 0.29) is 96.6 Å². The molecule has 1 unspecified atom stereocenters. The minimum atomic E-state index is -4.88. The third kappa shape index (κ3) is 24.6. The molecule has 0 aromatic heterocycles. The van der Waals surface area contributed by atoms with E-state index in [1.165, 1.54) is 12.1 Å². The van der Waals surface area contributed by atoms with Crippen LogP contribution in [0.15, 0.2) is 24.3 Å². The van der Waals surface area contributed by atoms with Crippen LogP contribution in [0.3, 0.4) is 0 Å². The molecule has 3 amide bonds. The van der Waals surface area contributed by atoms with Gasteiger partial charge in [-0.1, -0.05) is 12.1 Å². The van der Waals surface area contributed by atoms with E-state index in [2.05, 4.69) is 16.0 Å². The first-order valence-electron chi connectivity index (χ1n) is 21.1. The number of nitrogens with one attached hydrogen (secondary N) is 4. The van der Waals surface area contributed by atoms with E-state index in [1.807, 2.05) is 0 Å². The van der Waals surface area contributed by atoms with Gasteiger partial charge >= 0.3 is 49.5 Å².